The van der Waals surface area contributed by atoms with Crippen molar-refractivity contribution >= 4 is 11.8 Å². The molecule has 0 aliphatic heterocycles. The maximum absolute atomic E-state index is 6.29. The van der Waals surface area contributed by atoms with Crippen LogP contribution in [0.25, 0.3) is 0 Å². The van der Waals surface area contributed by atoms with Crippen LogP contribution in [0, 0.1) is 5.92 Å². The Morgan fingerprint density at radius 2 is 1.84 bits per heavy atom. The molecule has 0 fully saturated rings. The molecule has 0 aromatic heterocycles. The molecule has 0 aliphatic carbocycles. The zero-order valence-electron chi connectivity index (χ0n) is 12.5. The average Bonchev–Trinajstić information content (AvgIpc) is 2.43. The van der Waals surface area contributed by atoms with E-state index in [0.717, 1.165) is 22.8 Å². The summed E-state index contributed by atoms with van der Waals surface area (Å²) >= 11 is 1.90. The van der Waals surface area contributed by atoms with Gasteiger partial charge < -0.3 is 15.2 Å². The van der Waals surface area contributed by atoms with Crippen molar-refractivity contribution in [2.75, 3.05) is 20.0 Å². The van der Waals surface area contributed by atoms with Gasteiger partial charge in [-0.25, -0.2) is 0 Å². The van der Waals surface area contributed by atoms with Gasteiger partial charge in [-0.3, -0.25) is 0 Å². The van der Waals surface area contributed by atoms with Crippen LogP contribution in [0.15, 0.2) is 18.2 Å². The molecule has 19 heavy (non-hydrogen) atoms. The predicted octanol–water partition coefficient (Wildman–Crippen LogP) is 3.48. The van der Waals surface area contributed by atoms with Crippen molar-refractivity contribution < 1.29 is 9.47 Å². The number of nitrogens with two attached hydrogens (primary N) is 1. The van der Waals surface area contributed by atoms with Crippen molar-refractivity contribution in [3.63, 3.8) is 0 Å². The van der Waals surface area contributed by atoms with E-state index < -0.39 is 0 Å². The number of ether oxygens (including phenoxy) is 2. The van der Waals surface area contributed by atoms with E-state index in [0.29, 0.717) is 11.2 Å². The van der Waals surface area contributed by atoms with Crippen LogP contribution in [0.3, 0.4) is 0 Å². The number of rotatable bonds is 7. The normalized spacial score (nSPS) is 14.3. The number of hydrogen-bond acceptors (Lipinski definition) is 4. The van der Waals surface area contributed by atoms with Crippen LogP contribution in [0.2, 0.25) is 0 Å². The van der Waals surface area contributed by atoms with Gasteiger partial charge >= 0.3 is 0 Å². The van der Waals surface area contributed by atoms with Gasteiger partial charge in [0.05, 0.1) is 14.2 Å². The maximum Gasteiger partial charge on any atom is 0.123 e. The van der Waals surface area contributed by atoms with E-state index in [-0.39, 0.29) is 6.04 Å². The molecule has 3 nitrogen and oxygen atoms in total. The molecule has 0 amide bonds. The number of hydrogen-bond donors (Lipinski definition) is 1. The van der Waals surface area contributed by atoms with E-state index in [4.69, 9.17) is 15.2 Å². The Labute approximate surface area is 120 Å². The molecule has 0 saturated heterocycles. The Kier molecular flexibility index (Phi) is 6.52. The lowest BCUT2D eigenvalue weighted by atomic mass is 10.1. The summed E-state index contributed by atoms with van der Waals surface area (Å²) in [6, 6.07) is 5.71. The number of methoxy groups -OCH3 is 2. The minimum absolute atomic E-state index is 0.0451. The first-order chi connectivity index (χ1) is 8.99. The Balaban J connectivity index is 2.77. The molecule has 2 N–H and O–H groups in total. The van der Waals surface area contributed by atoms with Gasteiger partial charge in [0.1, 0.15) is 11.5 Å². The van der Waals surface area contributed by atoms with Crippen LogP contribution >= 0.6 is 11.8 Å². The third-order valence-electron chi connectivity index (χ3n) is 3.31. The zero-order chi connectivity index (χ0) is 14.4. The second-order valence-corrected chi connectivity index (χ2v) is 6.41. The van der Waals surface area contributed by atoms with E-state index >= 15 is 0 Å². The van der Waals surface area contributed by atoms with Gasteiger partial charge in [0.25, 0.3) is 0 Å². The van der Waals surface area contributed by atoms with Crippen molar-refractivity contribution in [2.24, 2.45) is 11.7 Å². The standard InChI is InChI=1S/C15H25NO2S/c1-10(2)11(3)19-9-14(16)13-8-12(17-4)6-7-15(13)18-5/h6-8,10-11,14H,9,16H2,1-5H3. The summed E-state index contributed by atoms with van der Waals surface area (Å²) in [6.45, 7) is 6.70. The lowest BCUT2D eigenvalue weighted by molar-refractivity contribution is 0.396. The molecule has 0 aliphatic rings. The van der Waals surface area contributed by atoms with E-state index in [1.54, 1.807) is 14.2 Å². The van der Waals surface area contributed by atoms with E-state index in [9.17, 15) is 0 Å². The second-order valence-electron chi connectivity index (χ2n) is 5.00. The highest BCUT2D eigenvalue weighted by atomic mass is 32.2. The predicted molar refractivity (Wildman–Crippen MR) is 83.2 cm³/mol. The highest BCUT2D eigenvalue weighted by Gasteiger charge is 2.16. The topological polar surface area (TPSA) is 44.5 Å². The quantitative estimate of drug-likeness (QED) is 0.832. The molecule has 108 valence electrons. The van der Waals surface area contributed by atoms with Crippen LogP contribution in [0.1, 0.15) is 32.4 Å². The van der Waals surface area contributed by atoms with Crippen molar-refractivity contribution in [3.8, 4) is 11.5 Å². The Morgan fingerprint density at radius 1 is 1.16 bits per heavy atom. The summed E-state index contributed by atoms with van der Waals surface area (Å²) in [5.74, 6) is 3.17. The van der Waals surface area contributed by atoms with Crippen molar-refractivity contribution in [2.45, 2.75) is 32.1 Å². The lowest BCUT2D eigenvalue weighted by Gasteiger charge is -2.20. The summed E-state index contributed by atoms with van der Waals surface area (Å²) in [5, 5.41) is 0.600. The van der Waals surface area contributed by atoms with Gasteiger partial charge in [0.15, 0.2) is 0 Å². The Morgan fingerprint density at radius 3 is 2.37 bits per heavy atom. The fraction of sp³-hybridized carbons (Fsp3) is 0.600. The fourth-order valence-electron chi connectivity index (χ4n) is 1.67. The SMILES string of the molecule is COc1ccc(OC)c(C(N)CSC(C)C(C)C)c1. The van der Waals surface area contributed by atoms with Gasteiger partial charge in [-0.1, -0.05) is 20.8 Å². The summed E-state index contributed by atoms with van der Waals surface area (Å²) in [6.07, 6.45) is 0. The molecule has 2 unspecified atom stereocenters. The first kappa shape index (κ1) is 16.2. The van der Waals surface area contributed by atoms with Crippen LogP contribution < -0.4 is 15.2 Å². The second kappa shape index (κ2) is 7.65. The minimum Gasteiger partial charge on any atom is -0.497 e. The molecular formula is C15H25NO2S. The molecule has 1 rings (SSSR count). The Hall–Kier alpha value is -0.870. The summed E-state index contributed by atoms with van der Waals surface area (Å²) < 4.78 is 10.6. The minimum atomic E-state index is -0.0451. The molecular weight excluding hydrogens is 258 g/mol. The van der Waals surface area contributed by atoms with E-state index in [1.807, 2.05) is 30.0 Å². The molecule has 1 aromatic rings. The third kappa shape index (κ3) is 4.62. The first-order valence-corrected chi connectivity index (χ1v) is 7.63. The maximum atomic E-state index is 6.29. The Bertz CT molecular complexity index is 396. The fourth-order valence-corrected chi connectivity index (χ4v) is 2.74. The highest BCUT2D eigenvalue weighted by molar-refractivity contribution is 7.99. The van der Waals surface area contributed by atoms with Crippen molar-refractivity contribution in [1.29, 1.82) is 0 Å². The molecule has 0 bridgehead atoms. The van der Waals surface area contributed by atoms with Gasteiger partial charge in [0.2, 0.25) is 0 Å². The molecule has 0 saturated carbocycles. The molecule has 1 aromatic carbocycles. The molecule has 0 heterocycles. The van der Waals surface area contributed by atoms with Crippen molar-refractivity contribution in [3.05, 3.63) is 23.8 Å². The average molecular weight is 283 g/mol. The summed E-state index contributed by atoms with van der Waals surface area (Å²) in [5.41, 5.74) is 7.29. The third-order valence-corrected chi connectivity index (χ3v) is 4.94. The van der Waals surface area contributed by atoms with E-state index in [2.05, 4.69) is 20.8 Å². The molecule has 2 atom stereocenters. The van der Waals surface area contributed by atoms with Gasteiger partial charge in [0, 0.05) is 22.6 Å². The zero-order valence-corrected chi connectivity index (χ0v) is 13.3. The molecule has 0 spiro atoms. The highest BCUT2D eigenvalue weighted by Crippen LogP contribution is 2.31. The largest absolute Gasteiger partial charge is 0.497 e. The number of benzene rings is 1. The van der Waals surface area contributed by atoms with Crippen LogP contribution in [0.4, 0.5) is 0 Å². The van der Waals surface area contributed by atoms with Crippen LogP contribution in [-0.2, 0) is 0 Å². The van der Waals surface area contributed by atoms with E-state index in [1.165, 1.54) is 0 Å². The smallest absolute Gasteiger partial charge is 0.123 e. The van der Waals surface area contributed by atoms with Crippen molar-refractivity contribution in [1.82, 2.24) is 0 Å². The van der Waals surface area contributed by atoms with Crippen LogP contribution in [-0.4, -0.2) is 25.2 Å². The first-order valence-electron chi connectivity index (χ1n) is 6.58. The number of thioether (sulfide) groups is 1. The van der Waals surface area contributed by atoms with Gasteiger partial charge in [-0.05, 0) is 24.1 Å². The summed E-state index contributed by atoms with van der Waals surface area (Å²) in [4.78, 5) is 0. The van der Waals surface area contributed by atoms with Gasteiger partial charge in [-0.2, -0.15) is 11.8 Å². The van der Waals surface area contributed by atoms with Crippen LogP contribution in [0.5, 0.6) is 11.5 Å². The summed E-state index contributed by atoms with van der Waals surface area (Å²) in [7, 11) is 3.33. The molecule has 4 heteroatoms. The molecule has 0 radical (unpaired) electrons. The lowest BCUT2D eigenvalue weighted by Crippen LogP contribution is -2.17. The van der Waals surface area contributed by atoms with Gasteiger partial charge in [-0.15, -0.1) is 0 Å². The monoisotopic (exact) mass is 283 g/mol.